The maximum absolute atomic E-state index is 13.6. The highest BCUT2D eigenvalue weighted by atomic mass is 19.4. The molecule has 0 atom stereocenters. The van der Waals surface area contributed by atoms with Gasteiger partial charge in [0.15, 0.2) is 0 Å². The fraction of sp³-hybridized carbons (Fsp3) is 0.600. The first-order valence-corrected chi connectivity index (χ1v) is 6.76. The Bertz CT molecular complexity index is 438. The minimum absolute atomic E-state index is 0.369. The van der Waals surface area contributed by atoms with E-state index in [4.69, 9.17) is 0 Å². The molecule has 0 aliphatic carbocycles. The van der Waals surface area contributed by atoms with Gasteiger partial charge in [-0.2, -0.15) is 13.2 Å². The molecule has 0 saturated carbocycles. The van der Waals surface area contributed by atoms with Crippen molar-refractivity contribution in [1.29, 1.82) is 0 Å². The second-order valence-electron chi connectivity index (χ2n) is 5.58. The van der Waals surface area contributed by atoms with Crippen LogP contribution in [0.15, 0.2) is 18.2 Å². The van der Waals surface area contributed by atoms with Crippen molar-refractivity contribution in [1.82, 2.24) is 5.32 Å². The zero-order chi connectivity index (χ0) is 15.4. The van der Waals surface area contributed by atoms with Crippen molar-refractivity contribution < 1.29 is 17.6 Å². The summed E-state index contributed by atoms with van der Waals surface area (Å²) in [5.41, 5.74) is -0.992. The van der Waals surface area contributed by atoms with Gasteiger partial charge in [-0.1, -0.05) is 26.8 Å². The number of hydrogen-bond acceptors (Lipinski definition) is 1. The Kier molecular flexibility index (Phi) is 5.57. The second-order valence-corrected chi connectivity index (χ2v) is 5.58. The third-order valence-electron chi connectivity index (χ3n) is 3.41. The molecular weight excluding hydrogens is 270 g/mol. The van der Waals surface area contributed by atoms with Crippen LogP contribution in [0.2, 0.25) is 0 Å². The third-order valence-corrected chi connectivity index (χ3v) is 3.41. The summed E-state index contributed by atoms with van der Waals surface area (Å²) < 4.78 is 51.1. The van der Waals surface area contributed by atoms with Gasteiger partial charge >= 0.3 is 6.18 Å². The fourth-order valence-electron chi connectivity index (χ4n) is 2.01. The van der Waals surface area contributed by atoms with Crippen molar-refractivity contribution in [3.05, 3.63) is 35.1 Å². The highest BCUT2D eigenvalue weighted by molar-refractivity contribution is 5.31. The lowest BCUT2D eigenvalue weighted by atomic mass is 9.81. The number of alkyl halides is 3. The summed E-state index contributed by atoms with van der Waals surface area (Å²) in [4.78, 5) is 0. The maximum Gasteiger partial charge on any atom is 0.419 e. The van der Waals surface area contributed by atoms with E-state index in [-0.39, 0.29) is 5.41 Å². The summed E-state index contributed by atoms with van der Waals surface area (Å²) in [6.07, 6.45) is -2.89. The molecule has 1 aromatic carbocycles. The van der Waals surface area contributed by atoms with Crippen molar-refractivity contribution in [3.63, 3.8) is 0 Å². The number of rotatable bonds is 6. The Morgan fingerprint density at radius 2 is 1.75 bits per heavy atom. The van der Waals surface area contributed by atoms with Gasteiger partial charge in [0, 0.05) is 0 Å². The molecule has 0 saturated heterocycles. The van der Waals surface area contributed by atoms with Gasteiger partial charge in [-0.15, -0.1) is 0 Å². The minimum Gasteiger partial charge on any atom is -0.317 e. The molecule has 0 aliphatic heterocycles. The van der Waals surface area contributed by atoms with E-state index in [9.17, 15) is 17.6 Å². The molecule has 0 aromatic heterocycles. The van der Waals surface area contributed by atoms with Crippen LogP contribution < -0.4 is 5.32 Å². The number of halogens is 4. The predicted octanol–water partition coefficient (Wildman–Crippen LogP) is 4.51. The Morgan fingerprint density at radius 1 is 1.10 bits per heavy atom. The number of nitrogens with one attached hydrogen (secondary N) is 1. The molecule has 1 aromatic rings. The molecule has 0 bridgehead atoms. The van der Waals surface area contributed by atoms with E-state index in [2.05, 4.69) is 12.2 Å². The lowest BCUT2D eigenvalue weighted by Gasteiger charge is -2.26. The van der Waals surface area contributed by atoms with Crippen LogP contribution in [0.3, 0.4) is 0 Å². The molecule has 0 fully saturated rings. The average Bonchev–Trinajstić information content (AvgIpc) is 2.33. The SMILES string of the molecule is CCCNCCC(C)(C)c1ccc(C(F)(F)F)c(F)c1. The van der Waals surface area contributed by atoms with E-state index in [0.717, 1.165) is 38.1 Å². The van der Waals surface area contributed by atoms with E-state index in [0.29, 0.717) is 5.56 Å². The smallest absolute Gasteiger partial charge is 0.317 e. The molecule has 1 nitrogen and oxygen atoms in total. The van der Waals surface area contributed by atoms with Crippen LogP contribution in [-0.2, 0) is 11.6 Å². The first-order valence-electron chi connectivity index (χ1n) is 6.76. The second kappa shape index (κ2) is 6.57. The lowest BCUT2D eigenvalue weighted by molar-refractivity contribution is -0.140. The first-order chi connectivity index (χ1) is 9.18. The van der Waals surface area contributed by atoms with Gasteiger partial charge in [0.25, 0.3) is 0 Å². The number of hydrogen-bond donors (Lipinski definition) is 1. The summed E-state index contributed by atoms with van der Waals surface area (Å²) in [5.74, 6) is -1.20. The molecule has 0 radical (unpaired) electrons. The quantitative estimate of drug-likeness (QED) is 0.600. The van der Waals surface area contributed by atoms with E-state index in [1.165, 1.54) is 6.07 Å². The van der Waals surface area contributed by atoms with Crippen molar-refractivity contribution >= 4 is 0 Å². The standard InChI is InChI=1S/C15H21F4N/c1-4-8-20-9-7-14(2,3)11-5-6-12(13(16)10-11)15(17,18)19/h5-6,10,20H,4,7-9H2,1-3H3. The largest absolute Gasteiger partial charge is 0.419 e. The van der Waals surface area contributed by atoms with Crippen LogP contribution in [-0.4, -0.2) is 13.1 Å². The molecule has 20 heavy (non-hydrogen) atoms. The van der Waals surface area contributed by atoms with Crippen molar-refractivity contribution in [2.24, 2.45) is 0 Å². The average molecular weight is 291 g/mol. The van der Waals surface area contributed by atoms with Crippen molar-refractivity contribution in [3.8, 4) is 0 Å². The van der Waals surface area contributed by atoms with E-state index < -0.39 is 17.6 Å². The summed E-state index contributed by atoms with van der Waals surface area (Å²) in [5, 5.41) is 3.24. The number of benzene rings is 1. The van der Waals surface area contributed by atoms with Crippen LogP contribution in [0.25, 0.3) is 0 Å². The minimum atomic E-state index is -4.64. The maximum atomic E-state index is 13.6. The summed E-state index contributed by atoms with van der Waals surface area (Å²) in [6, 6.07) is 3.19. The summed E-state index contributed by atoms with van der Waals surface area (Å²) in [7, 11) is 0. The van der Waals surface area contributed by atoms with Crippen LogP contribution in [0.1, 0.15) is 44.7 Å². The Balaban J connectivity index is 2.83. The Labute approximate surface area is 117 Å². The Morgan fingerprint density at radius 3 is 2.25 bits per heavy atom. The van der Waals surface area contributed by atoms with Crippen LogP contribution >= 0.6 is 0 Å². The molecule has 0 amide bonds. The fourth-order valence-corrected chi connectivity index (χ4v) is 2.01. The Hall–Kier alpha value is -1.10. The van der Waals surface area contributed by atoms with Crippen molar-refractivity contribution in [2.75, 3.05) is 13.1 Å². The van der Waals surface area contributed by atoms with E-state index in [1.807, 2.05) is 13.8 Å². The molecule has 1 rings (SSSR count). The first kappa shape index (κ1) is 17.0. The zero-order valence-electron chi connectivity index (χ0n) is 12.1. The van der Waals surface area contributed by atoms with Crippen LogP contribution in [0, 0.1) is 5.82 Å². The summed E-state index contributed by atoms with van der Waals surface area (Å²) in [6.45, 7) is 7.52. The monoisotopic (exact) mass is 291 g/mol. The van der Waals surface area contributed by atoms with Crippen molar-refractivity contribution in [2.45, 2.75) is 45.2 Å². The lowest BCUT2D eigenvalue weighted by Crippen LogP contribution is -2.26. The van der Waals surface area contributed by atoms with Gasteiger partial charge in [-0.25, -0.2) is 4.39 Å². The van der Waals surface area contributed by atoms with Gasteiger partial charge in [-0.3, -0.25) is 0 Å². The molecule has 0 heterocycles. The molecule has 5 heteroatoms. The summed E-state index contributed by atoms with van der Waals surface area (Å²) >= 11 is 0. The van der Waals surface area contributed by atoms with Gasteiger partial charge in [-0.05, 0) is 49.0 Å². The molecular formula is C15H21F4N. The molecule has 1 N–H and O–H groups in total. The topological polar surface area (TPSA) is 12.0 Å². The van der Waals surface area contributed by atoms with Crippen LogP contribution in [0.5, 0.6) is 0 Å². The predicted molar refractivity (Wildman–Crippen MR) is 72.2 cm³/mol. The third kappa shape index (κ3) is 4.47. The van der Waals surface area contributed by atoms with Gasteiger partial charge in [0.2, 0.25) is 0 Å². The highest BCUT2D eigenvalue weighted by Gasteiger charge is 2.34. The normalized spacial score (nSPS) is 12.8. The molecule has 0 unspecified atom stereocenters. The van der Waals surface area contributed by atoms with E-state index >= 15 is 0 Å². The molecule has 0 aliphatic rings. The molecule has 114 valence electrons. The van der Waals surface area contributed by atoms with Gasteiger partial charge < -0.3 is 5.32 Å². The zero-order valence-corrected chi connectivity index (χ0v) is 12.1. The molecule has 0 spiro atoms. The van der Waals surface area contributed by atoms with E-state index in [1.54, 1.807) is 0 Å². The van der Waals surface area contributed by atoms with Crippen LogP contribution in [0.4, 0.5) is 17.6 Å². The van der Waals surface area contributed by atoms with Gasteiger partial charge in [0.1, 0.15) is 5.82 Å². The highest BCUT2D eigenvalue weighted by Crippen LogP contribution is 2.34. The van der Waals surface area contributed by atoms with Gasteiger partial charge in [0.05, 0.1) is 5.56 Å².